The number of hydrogen-bond donors (Lipinski definition) is 4. The van der Waals surface area contributed by atoms with Crippen LogP contribution in [-0.4, -0.2) is 337 Å². The molecule has 130 heavy (non-hydrogen) atoms. The predicted molar refractivity (Wildman–Crippen MR) is 429 cm³/mol. The maximum atomic E-state index is 11.6. The van der Waals surface area contributed by atoms with Crippen LogP contribution in [0.1, 0.15) is 83.9 Å². The molecule has 46 atom stereocenters. The van der Waals surface area contributed by atoms with Crippen LogP contribution in [0.3, 0.4) is 0 Å². The summed E-state index contributed by atoms with van der Waals surface area (Å²) in [5.74, 6) is -1.24. The third-order valence-corrected chi connectivity index (χ3v) is 27.7. The normalized spacial score (nSPS) is 46.9. The Morgan fingerprint density at radius 2 is 0.700 bits per heavy atom. The summed E-state index contributed by atoms with van der Waals surface area (Å²) in [6, 6.07) is 39.9. The highest BCUT2D eigenvalue weighted by Gasteiger charge is 2.69. The topological polar surface area (TPSA) is 443 Å². The first-order valence-corrected chi connectivity index (χ1v) is 45.2. The number of carbonyl (C=O) groups excluding carboxylic acids is 4. The number of carbonyl (C=O) groups is 2. The van der Waals surface area contributed by atoms with Crippen LogP contribution >= 0.6 is 0 Å². The highest BCUT2D eigenvalue weighted by molar-refractivity contribution is 5.66. The van der Waals surface area contributed by atoms with E-state index in [-0.39, 0.29) is 233 Å². The fraction of sp³-hybridized carbons (Fsp3) is 0.707. The van der Waals surface area contributed by atoms with Crippen LogP contribution in [-0.2, 0) is 181 Å². The van der Waals surface area contributed by atoms with Crippen LogP contribution < -0.4 is 0 Å². The van der Waals surface area contributed by atoms with Gasteiger partial charge >= 0.3 is 18.1 Å². The van der Waals surface area contributed by atoms with Gasteiger partial charge in [0.1, 0.15) is 159 Å². The summed E-state index contributed by atoms with van der Waals surface area (Å²) in [6.45, 7) is 18.4. The standard InChI is InChI=1S/C27H30O8.C20H26O8.C20H26O7.C18H26O9.C6H8O4.CO2/c1-15-20-18(13-29-25(34-20)17-10-6-3-7-11-17)32-27(21(15)28-12-16-8-4-2-5-9-16)35-22-19-14-30-26(31-19)24-23(22)33-24;1-10-14(22)12(7-21)25-20(15(10)23-8-11-5-3-2-4-6-11)28-16-13-9-24-19(26-13)18-17(16)27-18;1-10-14(21)11(2)24-20(15(10)22-8-12-6-4-3-5-7-12)27-16-13-9-23-19(25-13)18-17(16)26-18;1-7-8(2)13(23-10(4)20)18(24-11(7)5-21-9(3)19)27-14-12-6-22-17(25-12)16-15(14)26-16;7-3-2-1-8-6(9-2)5-4(3)10-5;2-1-3/h2-11,15,18-27H,12-14H2,1H3;2-6,10,12-22H,7-9H2,1H3;3-7,10-11,13-21H,8-9H2,1-2H3;7-8,11-18H,5-6H2,1-4H3;2-7H,1H2;/t15-,18?,19?,20-,21?,22+,23-,24?,25?,26+,27-;10-,12?,13?,14-,15?,16+,17-,18?,19+,20-;10-,11?,13?,14-,15?,16+,17-,18?,19+,20-;7-,8-,11?,12?,13?,14+,15-,16?,17+,18-;2?,3-,4+,5?,6-;/m00001./s1. The van der Waals surface area contributed by atoms with Crippen molar-refractivity contribution < 1.29 is 182 Å². The lowest BCUT2D eigenvalue weighted by Crippen LogP contribution is -2.60. The largest absolute Gasteiger partial charge is 0.463 e. The van der Waals surface area contributed by atoms with Gasteiger partial charge in [0, 0.05) is 43.1 Å². The number of fused-ring (bicyclic) bond motifs is 21. The van der Waals surface area contributed by atoms with Gasteiger partial charge in [0.05, 0.1) is 96.6 Å². The Morgan fingerprint density at radius 3 is 1.13 bits per heavy atom. The molecule has 4 aromatic carbocycles. The second-order valence-electron chi connectivity index (χ2n) is 36.3. The molecule has 0 spiro atoms. The van der Waals surface area contributed by atoms with E-state index in [1.54, 1.807) is 0 Å². The molecular formula is C92H116O38. The zero-order chi connectivity index (χ0) is 89.9. The van der Waals surface area contributed by atoms with Crippen LogP contribution in [0.4, 0.5) is 0 Å². The molecule has 19 unspecified atom stereocenters. The molecule has 0 saturated carbocycles. The van der Waals surface area contributed by atoms with E-state index in [1.807, 2.05) is 144 Å². The molecule has 20 saturated heterocycles. The molecule has 0 radical (unpaired) electrons. The Bertz CT molecular complexity index is 4380. The van der Waals surface area contributed by atoms with Gasteiger partial charge in [-0.15, -0.1) is 0 Å². The van der Waals surface area contributed by atoms with E-state index in [2.05, 4.69) is 19.1 Å². The van der Waals surface area contributed by atoms with Gasteiger partial charge in [-0.3, -0.25) is 9.59 Å². The fourth-order valence-corrected chi connectivity index (χ4v) is 19.9. The average molecular weight is 1830 g/mol. The first-order valence-electron chi connectivity index (χ1n) is 45.2. The van der Waals surface area contributed by atoms with Crippen molar-refractivity contribution in [3.05, 3.63) is 144 Å². The summed E-state index contributed by atoms with van der Waals surface area (Å²) in [5.41, 5.74) is 4.17. The minimum atomic E-state index is -0.850. The minimum absolute atomic E-state index is 0.000253. The summed E-state index contributed by atoms with van der Waals surface area (Å²) < 4.78 is 176. The van der Waals surface area contributed by atoms with Crippen molar-refractivity contribution in [2.75, 3.05) is 52.9 Å². The van der Waals surface area contributed by atoms with Crippen LogP contribution in [0.2, 0.25) is 0 Å². The maximum absolute atomic E-state index is 11.6. The molecule has 20 aliphatic heterocycles. The maximum Gasteiger partial charge on any atom is 0.373 e. The van der Waals surface area contributed by atoms with Gasteiger partial charge < -0.3 is 163 Å². The van der Waals surface area contributed by atoms with E-state index < -0.39 is 80.1 Å². The minimum Gasteiger partial charge on any atom is -0.463 e. The van der Waals surface area contributed by atoms with Gasteiger partial charge in [0.25, 0.3) is 0 Å². The molecule has 712 valence electrons. The van der Waals surface area contributed by atoms with Crippen LogP contribution in [0.25, 0.3) is 0 Å². The zero-order valence-electron chi connectivity index (χ0n) is 73.1. The lowest BCUT2D eigenvalue weighted by molar-refractivity contribution is -0.366. The van der Waals surface area contributed by atoms with Crippen molar-refractivity contribution in [2.45, 2.75) is 327 Å². The monoisotopic (exact) mass is 1830 g/mol. The SMILES string of the molecule is CC(=O)OCC1O[C@@H](O[C@@H]2C3CO[C@H](O3)C3O[C@H]32)C(OC(C)=O)[C@@H](C)[C@@H]1C.CC1O[C@@H](O[C@@H]2C3CO[C@H](O3)C3O[C@H]32)C(OCc2ccccc2)[C@@H](C)[C@@H]1O.C[C@@H]1C(OCc2ccccc2)[C@H](O[C@@H]2C3CO[C@H](O3)C3O[C@H]32)OC(CO)[C@H]1O.C[C@@H]1C(OCc2ccccc2)[C@H](O[C@@H]2C3CO[C@H](O3)C3O[C@H]32)OC2COC(c3ccccc3)O[C@H]21.O=C=O.O[C@@H]1C2CO[C@H](O2)C2O[C@H]21. The number of aliphatic hydroxyl groups excluding tert-OH is 4. The summed E-state index contributed by atoms with van der Waals surface area (Å²) in [4.78, 5) is 39.1. The summed E-state index contributed by atoms with van der Waals surface area (Å²) in [5, 5.41) is 40.0. The Morgan fingerprint density at radius 1 is 0.338 bits per heavy atom. The lowest BCUT2D eigenvalue weighted by Gasteiger charge is -2.49. The second kappa shape index (κ2) is 40.7. The van der Waals surface area contributed by atoms with Gasteiger partial charge in [0.15, 0.2) is 69.0 Å². The van der Waals surface area contributed by atoms with Crippen molar-refractivity contribution in [1.82, 2.24) is 0 Å². The van der Waals surface area contributed by atoms with Gasteiger partial charge in [-0.1, -0.05) is 156 Å². The Hall–Kier alpha value is -6.08. The van der Waals surface area contributed by atoms with Crippen molar-refractivity contribution in [3.63, 3.8) is 0 Å². The number of benzene rings is 4. The molecule has 20 aliphatic rings. The smallest absolute Gasteiger partial charge is 0.373 e. The summed E-state index contributed by atoms with van der Waals surface area (Å²) >= 11 is 0. The van der Waals surface area contributed by atoms with Gasteiger partial charge in [-0.2, -0.15) is 9.59 Å². The van der Waals surface area contributed by atoms with Crippen molar-refractivity contribution in [2.24, 2.45) is 29.6 Å². The number of epoxide rings is 5. The molecule has 24 rings (SSSR count). The van der Waals surface area contributed by atoms with E-state index in [1.165, 1.54) is 13.8 Å². The molecule has 0 amide bonds. The Kier molecular flexibility index (Phi) is 29.1. The number of ether oxygens (including phenoxy) is 30. The molecule has 20 heterocycles. The summed E-state index contributed by atoms with van der Waals surface area (Å²) in [6.07, 6.45) is -12.7. The van der Waals surface area contributed by atoms with Crippen LogP contribution in [0.5, 0.6) is 0 Å². The molecule has 10 bridgehead atoms. The number of aliphatic hydroxyl groups is 4. The quantitative estimate of drug-likeness (QED) is 0.0649. The van der Waals surface area contributed by atoms with Crippen molar-refractivity contribution >= 4 is 18.1 Å². The highest BCUT2D eigenvalue weighted by Crippen LogP contribution is 2.51. The van der Waals surface area contributed by atoms with Crippen LogP contribution in [0, 0.1) is 29.6 Å². The predicted octanol–water partition coefficient (Wildman–Crippen LogP) is 3.04. The first-order chi connectivity index (χ1) is 63.1. The number of hydrogen-bond acceptors (Lipinski definition) is 38. The molecule has 4 aromatic rings. The Balaban J connectivity index is 0.000000108. The molecule has 0 aliphatic carbocycles. The molecule has 38 nitrogen and oxygen atoms in total. The molecule has 4 N–H and O–H groups in total. The average Bonchev–Trinajstić information content (AvgIpc) is 1.57. The van der Waals surface area contributed by atoms with Gasteiger partial charge in [-0.25, -0.2) is 0 Å². The molecule has 38 heteroatoms. The fourth-order valence-electron chi connectivity index (χ4n) is 19.9. The van der Waals surface area contributed by atoms with E-state index in [0.717, 1.165) is 22.3 Å². The second-order valence-corrected chi connectivity index (χ2v) is 36.3. The van der Waals surface area contributed by atoms with E-state index in [4.69, 9.17) is 152 Å². The molecule has 20 fully saturated rings. The lowest BCUT2D eigenvalue weighted by atomic mass is 9.83. The van der Waals surface area contributed by atoms with Gasteiger partial charge in [-0.05, 0) is 29.5 Å². The van der Waals surface area contributed by atoms with E-state index in [9.17, 15) is 30.0 Å². The van der Waals surface area contributed by atoms with Crippen LogP contribution in [0.15, 0.2) is 121 Å². The first kappa shape index (κ1) is 93.0. The number of esters is 2. The zero-order valence-corrected chi connectivity index (χ0v) is 73.1. The Labute approximate surface area is 750 Å². The number of rotatable bonds is 22. The highest BCUT2D eigenvalue weighted by atomic mass is 16.8. The van der Waals surface area contributed by atoms with E-state index in [0.29, 0.717) is 59.5 Å². The van der Waals surface area contributed by atoms with Crippen molar-refractivity contribution in [1.29, 1.82) is 0 Å². The van der Waals surface area contributed by atoms with Gasteiger partial charge in [0.2, 0.25) is 0 Å². The third kappa shape index (κ3) is 20.4. The molecule has 0 aromatic heterocycles. The summed E-state index contributed by atoms with van der Waals surface area (Å²) in [7, 11) is 0. The van der Waals surface area contributed by atoms with Crippen molar-refractivity contribution in [3.8, 4) is 0 Å². The van der Waals surface area contributed by atoms with E-state index >= 15 is 0 Å². The molecular weight excluding hydrogens is 1710 g/mol. The third-order valence-electron chi connectivity index (χ3n) is 27.7.